The van der Waals surface area contributed by atoms with Gasteiger partial charge < -0.3 is 20.0 Å². The van der Waals surface area contributed by atoms with Crippen molar-refractivity contribution in [2.45, 2.75) is 33.6 Å². The van der Waals surface area contributed by atoms with Gasteiger partial charge in [-0.1, -0.05) is 13.8 Å². The number of likely N-dealkylation sites (N-methyl/N-ethyl adjacent to an activating group) is 1. The first-order valence-electron chi connectivity index (χ1n) is 11.4. The number of aromatic nitrogens is 2. The minimum atomic E-state index is 0.786. The molecule has 1 N–H and O–H groups in total. The Morgan fingerprint density at radius 2 is 1.77 bits per heavy atom. The highest BCUT2D eigenvalue weighted by atomic mass is 15.2. The number of anilines is 2. The van der Waals surface area contributed by atoms with Crippen molar-refractivity contribution in [3.05, 3.63) is 36.0 Å². The van der Waals surface area contributed by atoms with Crippen LogP contribution in [0, 0.1) is 6.92 Å². The second-order valence-corrected chi connectivity index (χ2v) is 8.28. The van der Waals surface area contributed by atoms with Crippen molar-refractivity contribution in [3.63, 3.8) is 0 Å². The SMILES string of the molecule is CCCN(CC)CCCNc1nc(-c2ccc(N3CCN(C)CC3)cc2)ncc1C. The molecule has 1 fully saturated rings. The molecule has 6 heteroatoms. The third-order valence-electron chi connectivity index (χ3n) is 5.90. The van der Waals surface area contributed by atoms with Crippen LogP contribution in [0.3, 0.4) is 0 Å². The summed E-state index contributed by atoms with van der Waals surface area (Å²) in [6, 6.07) is 8.69. The summed E-state index contributed by atoms with van der Waals surface area (Å²) in [6.45, 7) is 15.3. The fourth-order valence-electron chi connectivity index (χ4n) is 3.90. The predicted octanol–water partition coefficient (Wildman–Crippen LogP) is 3.74. The van der Waals surface area contributed by atoms with Gasteiger partial charge in [0.1, 0.15) is 5.82 Å². The number of piperazine rings is 1. The number of aryl methyl sites for hydroxylation is 1. The maximum atomic E-state index is 4.81. The van der Waals surface area contributed by atoms with Gasteiger partial charge in [0.05, 0.1) is 0 Å². The van der Waals surface area contributed by atoms with Gasteiger partial charge in [0, 0.05) is 55.7 Å². The van der Waals surface area contributed by atoms with Crippen molar-refractivity contribution in [3.8, 4) is 11.4 Å². The van der Waals surface area contributed by atoms with Crippen molar-refractivity contribution < 1.29 is 0 Å². The molecule has 0 saturated carbocycles. The monoisotopic (exact) mass is 410 g/mol. The molecule has 3 rings (SSSR count). The molecule has 0 radical (unpaired) electrons. The zero-order valence-corrected chi connectivity index (χ0v) is 19.2. The van der Waals surface area contributed by atoms with E-state index in [0.717, 1.165) is 75.0 Å². The minimum Gasteiger partial charge on any atom is -0.370 e. The zero-order chi connectivity index (χ0) is 21.3. The summed E-state index contributed by atoms with van der Waals surface area (Å²) in [7, 11) is 2.19. The van der Waals surface area contributed by atoms with Gasteiger partial charge in [-0.05, 0) is 70.7 Å². The van der Waals surface area contributed by atoms with E-state index in [2.05, 4.69) is 77.1 Å². The molecule has 1 saturated heterocycles. The zero-order valence-electron chi connectivity index (χ0n) is 19.2. The van der Waals surface area contributed by atoms with Crippen LogP contribution in [0.15, 0.2) is 30.5 Å². The van der Waals surface area contributed by atoms with Crippen molar-refractivity contribution in [2.24, 2.45) is 0 Å². The van der Waals surface area contributed by atoms with Crippen LogP contribution in [0.1, 0.15) is 32.3 Å². The van der Waals surface area contributed by atoms with E-state index >= 15 is 0 Å². The Morgan fingerprint density at radius 1 is 1.03 bits per heavy atom. The van der Waals surface area contributed by atoms with Crippen LogP contribution >= 0.6 is 0 Å². The van der Waals surface area contributed by atoms with Crippen LogP contribution in [0.5, 0.6) is 0 Å². The lowest BCUT2D eigenvalue weighted by molar-refractivity contribution is 0.288. The first-order chi connectivity index (χ1) is 14.6. The second-order valence-electron chi connectivity index (χ2n) is 8.28. The number of nitrogens with one attached hydrogen (secondary N) is 1. The molecule has 1 aliphatic rings. The summed E-state index contributed by atoms with van der Waals surface area (Å²) in [5, 5.41) is 3.52. The minimum absolute atomic E-state index is 0.786. The van der Waals surface area contributed by atoms with Crippen LogP contribution in [0.4, 0.5) is 11.5 Å². The highest BCUT2D eigenvalue weighted by Crippen LogP contribution is 2.23. The highest BCUT2D eigenvalue weighted by Gasteiger charge is 2.14. The first-order valence-corrected chi connectivity index (χ1v) is 11.4. The average molecular weight is 411 g/mol. The summed E-state index contributed by atoms with van der Waals surface area (Å²) < 4.78 is 0. The van der Waals surface area contributed by atoms with Crippen LogP contribution in [0.2, 0.25) is 0 Å². The fourth-order valence-corrected chi connectivity index (χ4v) is 3.90. The van der Waals surface area contributed by atoms with Crippen LogP contribution in [0.25, 0.3) is 11.4 Å². The van der Waals surface area contributed by atoms with Crippen LogP contribution < -0.4 is 10.2 Å². The van der Waals surface area contributed by atoms with E-state index in [0.29, 0.717) is 0 Å². The van der Waals surface area contributed by atoms with Gasteiger partial charge >= 0.3 is 0 Å². The molecular formula is C24H38N6. The normalized spacial score (nSPS) is 15.0. The molecule has 0 spiro atoms. The van der Waals surface area contributed by atoms with Gasteiger partial charge in [-0.3, -0.25) is 0 Å². The summed E-state index contributed by atoms with van der Waals surface area (Å²) in [6.07, 6.45) is 4.25. The molecule has 0 unspecified atom stereocenters. The quantitative estimate of drug-likeness (QED) is 0.602. The number of hydrogen-bond acceptors (Lipinski definition) is 6. The molecule has 164 valence electrons. The summed E-state index contributed by atoms with van der Waals surface area (Å²) >= 11 is 0. The molecule has 1 aromatic heterocycles. The molecule has 0 aliphatic carbocycles. The van der Waals surface area contributed by atoms with E-state index in [4.69, 9.17) is 4.98 Å². The molecule has 1 aromatic carbocycles. The third-order valence-corrected chi connectivity index (χ3v) is 5.90. The average Bonchev–Trinajstić information content (AvgIpc) is 2.77. The molecule has 1 aliphatic heterocycles. The lowest BCUT2D eigenvalue weighted by atomic mass is 10.1. The summed E-state index contributed by atoms with van der Waals surface area (Å²) in [5.41, 5.74) is 3.44. The molecule has 0 amide bonds. The molecule has 2 aromatic rings. The Hall–Kier alpha value is -2.18. The Labute approximate surface area is 182 Å². The van der Waals surface area contributed by atoms with E-state index in [-0.39, 0.29) is 0 Å². The highest BCUT2D eigenvalue weighted by molar-refractivity contribution is 5.62. The molecule has 0 bridgehead atoms. The van der Waals surface area contributed by atoms with Crippen LogP contribution in [-0.2, 0) is 0 Å². The number of rotatable bonds is 10. The van der Waals surface area contributed by atoms with Gasteiger partial charge in [-0.2, -0.15) is 0 Å². The lowest BCUT2D eigenvalue weighted by Crippen LogP contribution is -2.44. The molecule has 0 atom stereocenters. The van der Waals surface area contributed by atoms with E-state index in [1.165, 1.54) is 18.7 Å². The van der Waals surface area contributed by atoms with E-state index in [9.17, 15) is 0 Å². The van der Waals surface area contributed by atoms with Gasteiger partial charge in [0.2, 0.25) is 0 Å². The summed E-state index contributed by atoms with van der Waals surface area (Å²) in [5.74, 6) is 1.73. The number of hydrogen-bond donors (Lipinski definition) is 1. The molecule has 2 heterocycles. The third kappa shape index (κ3) is 6.16. The van der Waals surface area contributed by atoms with Gasteiger partial charge in [-0.15, -0.1) is 0 Å². The Balaban J connectivity index is 1.59. The Bertz CT molecular complexity index is 768. The number of benzene rings is 1. The maximum absolute atomic E-state index is 4.81. The standard InChI is InChI=1S/C24H38N6/c1-5-13-29(6-2)14-7-12-25-23-20(3)19-26-24(27-23)21-8-10-22(11-9-21)30-17-15-28(4)16-18-30/h8-11,19H,5-7,12-18H2,1-4H3,(H,25,26,27). The van der Waals surface area contributed by atoms with Crippen molar-refractivity contribution in [1.29, 1.82) is 0 Å². The fraction of sp³-hybridized carbons (Fsp3) is 0.583. The summed E-state index contributed by atoms with van der Waals surface area (Å²) in [4.78, 5) is 16.7. The van der Waals surface area contributed by atoms with E-state index in [1.807, 2.05) is 6.20 Å². The Morgan fingerprint density at radius 3 is 2.43 bits per heavy atom. The molecular weight excluding hydrogens is 372 g/mol. The van der Waals surface area contributed by atoms with Gasteiger partial charge in [0.25, 0.3) is 0 Å². The predicted molar refractivity (Wildman–Crippen MR) is 127 cm³/mol. The van der Waals surface area contributed by atoms with Crippen LogP contribution in [-0.4, -0.2) is 79.2 Å². The second kappa shape index (κ2) is 11.3. The lowest BCUT2D eigenvalue weighted by Gasteiger charge is -2.34. The maximum Gasteiger partial charge on any atom is 0.161 e. The van der Waals surface area contributed by atoms with Crippen molar-refractivity contribution in [2.75, 3.05) is 69.6 Å². The Kier molecular flexibility index (Phi) is 8.46. The van der Waals surface area contributed by atoms with Crippen molar-refractivity contribution in [1.82, 2.24) is 19.8 Å². The van der Waals surface area contributed by atoms with E-state index in [1.54, 1.807) is 0 Å². The first kappa shape index (κ1) is 22.5. The van der Waals surface area contributed by atoms with Gasteiger partial charge in [0.15, 0.2) is 5.82 Å². The number of nitrogens with zero attached hydrogens (tertiary/aromatic N) is 5. The van der Waals surface area contributed by atoms with Crippen molar-refractivity contribution >= 4 is 11.5 Å². The smallest absolute Gasteiger partial charge is 0.161 e. The largest absolute Gasteiger partial charge is 0.370 e. The van der Waals surface area contributed by atoms with Gasteiger partial charge in [-0.25, -0.2) is 9.97 Å². The molecule has 30 heavy (non-hydrogen) atoms. The molecule has 6 nitrogen and oxygen atoms in total. The topological polar surface area (TPSA) is 47.5 Å². The van der Waals surface area contributed by atoms with E-state index < -0.39 is 0 Å².